The van der Waals surface area contributed by atoms with Gasteiger partial charge in [0.25, 0.3) is 5.91 Å². The Hall–Kier alpha value is -3.41. The fourth-order valence-electron chi connectivity index (χ4n) is 3.97. The molecule has 2 aromatic carbocycles. The zero-order chi connectivity index (χ0) is 24.5. The first kappa shape index (κ1) is 23.7. The highest BCUT2D eigenvalue weighted by atomic mass is 35.5. The third kappa shape index (κ3) is 4.25. The van der Waals surface area contributed by atoms with Crippen molar-refractivity contribution in [2.24, 2.45) is 0 Å². The van der Waals surface area contributed by atoms with Crippen LogP contribution in [0, 0.1) is 18.3 Å². The van der Waals surface area contributed by atoms with E-state index in [2.05, 4.69) is 11.1 Å². The maximum atomic E-state index is 13.3. The van der Waals surface area contributed by atoms with Crippen molar-refractivity contribution in [2.45, 2.75) is 32.7 Å². The van der Waals surface area contributed by atoms with Gasteiger partial charge >= 0.3 is 0 Å². The highest BCUT2D eigenvalue weighted by molar-refractivity contribution is 7.80. The van der Waals surface area contributed by atoms with Gasteiger partial charge in [-0.05, 0) is 81.4 Å². The largest absolute Gasteiger partial charge is 0.494 e. The fourth-order valence-corrected chi connectivity index (χ4v) is 4.67. The van der Waals surface area contributed by atoms with Gasteiger partial charge in [0.2, 0.25) is 0 Å². The standard InChI is InChI=1S/C25H24ClN5O2S/c1-17-21(10-5-18(15-27)22(17)26)31-23(32)25(2,3)30(24(31)34)12-4-14-33-20-8-6-19(7-9-20)29-13-11-28-16-29/h5-11,13,16H,4,12,14H2,1-3H3. The van der Waals surface area contributed by atoms with Crippen LogP contribution in [0.1, 0.15) is 31.4 Å². The van der Waals surface area contributed by atoms with Crippen LogP contribution in [-0.2, 0) is 4.79 Å². The second-order valence-electron chi connectivity index (χ2n) is 8.48. The minimum absolute atomic E-state index is 0.127. The number of amides is 1. The summed E-state index contributed by atoms with van der Waals surface area (Å²) in [6.45, 7) is 6.55. The van der Waals surface area contributed by atoms with Gasteiger partial charge in [-0.3, -0.25) is 9.69 Å². The summed E-state index contributed by atoms with van der Waals surface area (Å²) in [5, 5.41) is 9.98. The number of aromatic nitrogens is 2. The summed E-state index contributed by atoms with van der Waals surface area (Å²) in [6.07, 6.45) is 6.04. The maximum Gasteiger partial charge on any atom is 0.258 e. The molecule has 1 saturated heterocycles. The topological polar surface area (TPSA) is 74.4 Å². The average Bonchev–Trinajstić information content (AvgIpc) is 3.41. The van der Waals surface area contributed by atoms with Crippen molar-refractivity contribution in [3.8, 4) is 17.5 Å². The Labute approximate surface area is 209 Å². The van der Waals surface area contributed by atoms with Crippen LogP contribution in [0.25, 0.3) is 5.69 Å². The molecule has 0 radical (unpaired) electrons. The number of halogens is 1. The van der Waals surface area contributed by atoms with E-state index >= 15 is 0 Å². The van der Waals surface area contributed by atoms with Crippen molar-refractivity contribution >= 4 is 40.5 Å². The van der Waals surface area contributed by atoms with Crippen LogP contribution in [0.2, 0.25) is 5.02 Å². The Morgan fingerprint density at radius 2 is 1.94 bits per heavy atom. The number of anilines is 1. The molecule has 1 amide bonds. The molecule has 1 fully saturated rings. The average molecular weight is 494 g/mol. The minimum atomic E-state index is -0.809. The molecular weight excluding hydrogens is 470 g/mol. The lowest BCUT2D eigenvalue weighted by molar-refractivity contribution is -0.123. The number of ether oxygens (including phenoxy) is 1. The van der Waals surface area contributed by atoms with E-state index in [0.717, 1.165) is 11.4 Å². The molecule has 0 saturated carbocycles. The van der Waals surface area contributed by atoms with E-state index in [4.69, 9.17) is 28.6 Å². The van der Waals surface area contributed by atoms with E-state index in [1.54, 1.807) is 31.6 Å². The van der Waals surface area contributed by atoms with E-state index in [0.29, 0.717) is 46.5 Å². The summed E-state index contributed by atoms with van der Waals surface area (Å²) >= 11 is 12.0. The Morgan fingerprint density at radius 3 is 2.59 bits per heavy atom. The number of carbonyl (C=O) groups excluding carboxylic acids is 1. The molecule has 1 aliphatic rings. The maximum absolute atomic E-state index is 13.3. The quantitative estimate of drug-likeness (QED) is 0.344. The summed E-state index contributed by atoms with van der Waals surface area (Å²) in [6, 6.07) is 13.2. The first-order valence-corrected chi connectivity index (χ1v) is 11.6. The van der Waals surface area contributed by atoms with Crippen molar-refractivity contribution in [1.29, 1.82) is 5.26 Å². The third-order valence-corrected chi connectivity index (χ3v) is 6.87. The summed E-state index contributed by atoms with van der Waals surface area (Å²) < 4.78 is 7.82. The Kier molecular flexibility index (Phi) is 6.60. The van der Waals surface area contributed by atoms with E-state index in [1.165, 1.54) is 4.90 Å². The van der Waals surface area contributed by atoms with Crippen molar-refractivity contribution in [1.82, 2.24) is 14.5 Å². The number of hydrogen-bond donors (Lipinski definition) is 0. The lowest BCUT2D eigenvalue weighted by Gasteiger charge is -2.29. The summed E-state index contributed by atoms with van der Waals surface area (Å²) in [5.74, 6) is 0.644. The minimum Gasteiger partial charge on any atom is -0.494 e. The van der Waals surface area contributed by atoms with Crippen molar-refractivity contribution in [2.75, 3.05) is 18.1 Å². The molecule has 1 aromatic heterocycles. The molecule has 174 valence electrons. The van der Waals surface area contributed by atoms with Crippen LogP contribution in [0.15, 0.2) is 55.1 Å². The lowest BCUT2D eigenvalue weighted by atomic mass is 10.0. The SMILES string of the molecule is Cc1c(N2C(=O)C(C)(C)N(CCCOc3ccc(-n4ccnc4)cc3)C2=S)ccc(C#N)c1Cl. The van der Waals surface area contributed by atoms with Gasteiger partial charge in [-0.1, -0.05) is 11.6 Å². The monoisotopic (exact) mass is 493 g/mol. The number of imidazole rings is 1. The second-order valence-corrected chi connectivity index (χ2v) is 9.23. The summed E-state index contributed by atoms with van der Waals surface area (Å²) in [4.78, 5) is 20.8. The van der Waals surface area contributed by atoms with Gasteiger partial charge < -0.3 is 14.2 Å². The van der Waals surface area contributed by atoms with Gasteiger partial charge in [0.15, 0.2) is 5.11 Å². The van der Waals surface area contributed by atoms with Crippen LogP contribution in [0.5, 0.6) is 5.75 Å². The van der Waals surface area contributed by atoms with Gasteiger partial charge in [0.05, 0.1) is 29.2 Å². The third-order valence-electron chi connectivity index (χ3n) is 5.98. The van der Waals surface area contributed by atoms with Gasteiger partial charge in [0.1, 0.15) is 17.4 Å². The number of carbonyl (C=O) groups is 1. The molecule has 7 nitrogen and oxygen atoms in total. The molecular formula is C25H24ClN5O2S. The highest BCUT2D eigenvalue weighted by Gasteiger charge is 2.49. The molecule has 0 atom stereocenters. The number of nitrogens with zero attached hydrogens (tertiary/aromatic N) is 5. The normalized spacial score (nSPS) is 15.0. The zero-order valence-corrected chi connectivity index (χ0v) is 20.7. The highest BCUT2D eigenvalue weighted by Crippen LogP contribution is 2.37. The molecule has 9 heteroatoms. The molecule has 2 heterocycles. The lowest BCUT2D eigenvalue weighted by Crippen LogP contribution is -2.44. The van der Waals surface area contributed by atoms with Gasteiger partial charge in [-0.15, -0.1) is 0 Å². The predicted molar refractivity (Wildman–Crippen MR) is 135 cm³/mol. The number of thiocarbonyl (C=S) groups is 1. The van der Waals surface area contributed by atoms with Crippen LogP contribution in [0.3, 0.4) is 0 Å². The number of hydrogen-bond acceptors (Lipinski definition) is 5. The molecule has 0 N–H and O–H groups in total. The van der Waals surface area contributed by atoms with Crippen molar-refractivity contribution in [3.63, 3.8) is 0 Å². The molecule has 4 rings (SSSR count). The predicted octanol–water partition coefficient (Wildman–Crippen LogP) is 4.89. The summed E-state index contributed by atoms with van der Waals surface area (Å²) in [7, 11) is 0. The van der Waals surface area contributed by atoms with Crippen LogP contribution >= 0.6 is 23.8 Å². The first-order valence-electron chi connectivity index (χ1n) is 10.8. The van der Waals surface area contributed by atoms with E-state index < -0.39 is 5.54 Å². The molecule has 0 spiro atoms. The Morgan fingerprint density at radius 1 is 1.21 bits per heavy atom. The molecule has 3 aromatic rings. The second kappa shape index (κ2) is 9.45. The fraction of sp³-hybridized carbons (Fsp3) is 0.280. The Bertz CT molecular complexity index is 1270. The molecule has 0 unspecified atom stereocenters. The van der Waals surface area contributed by atoms with Gasteiger partial charge in [0, 0.05) is 24.6 Å². The summed E-state index contributed by atoms with van der Waals surface area (Å²) in [5.41, 5.74) is 1.81. The first-order chi connectivity index (χ1) is 16.3. The molecule has 1 aliphatic heterocycles. The van der Waals surface area contributed by atoms with Gasteiger partial charge in [-0.2, -0.15) is 5.26 Å². The number of nitriles is 1. The smallest absolute Gasteiger partial charge is 0.258 e. The van der Waals surface area contributed by atoms with E-state index in [1.807, 2.05) is 53.8 Å². The van der Waals surface area contributed by atoms with E-state index in [-0.39, 0.29) is 5.91 Å². The Balaban J connectivity index is 1.41. The van der Waals surface area contributed by atoms with Crippen LogP contribution in [0.4, 0.5) is 5.69 Å². The zero-order valence-electron chi connectivity index (χ0n) is 19.2. The molecule has 0 bridgehead atoms. The van der Waals surface area contributed by atoms with Crippen LogP contribution < -0.4 is 9.64 Å². The molecule has 0 aliphatic carbocycles. The van der Waals surface area contributed by atoms with Crippen molar-refractivity contribution in [3.05, 3.63) is 71.3 Å². The van der Waals surface area contributed by atoms with Gasteiger partial charge in [-0.25, -0.2) is 4.98 Å². The van der Waals surface area contributed by atoms with Crippen molar-refractivity contribution < 1.29 is 9.53 Å². The van der Waals surface area contributed by atoms with E-state index in [9.17, 15) is 10.1 Å². The number of benzene rings is 2. The molecule has 34 heavy (non-hydrogen) atoms. The number of rotatable bonds is 7. The van der Waals surface area contributed by atoms with Crippen LogP contribution in [-0.4, -0.2) is 44.2 Å².